The fourth-order valence-corrected chi connectivity index (χ4v) is 4.74. The first-order valence-electron chi connectivity index (χ1n) is 11.2. The Labute approximate surface area is 184 Å². The quantitative estimate of drug-likeness (QED) is 0.746. The highest BCUT2D eigenvalue weighted by atomic mass is 16.2. The van der Waals surface area contributed by atoms with Gasteiger partial charge in [0.2, 0.25) is 11.8 Å². The van der Waals surface area contributed by atoms with Crippen molar-refractivity contribution in [1.82, 2.24) is 19.7 Å². The Bertz CT molecular complexity index is 913. The Morgan fingerprint density at radius 1 is 1.06 bits per heavy atom. The van der Waals surface area contributed by atoms with Crippen molar-refractivity contribution >= 4 is 11.8 Å². The second-order valence-corrected chi connectivity index (χ2v) is 9.15. The minimum Gasteiger partial charge on any atom is -0.340 e. The van der Waals surface area contributed by atoms with Crippen LogP contribution in [-0.4, -0.2) is 64.2 Å². The summed E-state index contributed by atoms with van der Waals surface area (Å²) in [5.74, 6) is 0.415. The summed E-state index contributed by atoms with van der Waals surface area (Å²) in [5.41, 5.74) is 3.55. The molecule has 2 aromatic rings. The zero-order chi connectivity index (χ0) is 22.0. The van der Waals surface area contributed by atoms with E-state index in [1.54, 1.807) is 22.2 Å². The van der Waals surface area contributed by atoms with Gasteiger partial charge in [0.05, 0.1) is 5.92 Å². The van der Waals surface area contributed by atoms with Crippen LogP contribution in [0, 0.1) is 5.92 Å². The van der Waals surface area contributed by atoms with Crippen LogP contribution in [0.25, 0.3) is 0 Å². The Balaban J connectivity index is 1.49. The van der Waals surface area contributed by atoms with Gasteiger partial charge in [-0.15, -0.1) is 0 Å². The Hall–Kier alpha value is -2.73. The molecule has 6 heteroatoms. The summed E-state index contributed by atoms with van der Waals surface area (Å²) in [5, 5.41) is 0. The summed E-state index contributed by atoms with van der Waals surface area (Å²) in [6, 6.07) is 12.6. The number of fused-ring (bicyclic) bond motifs is 1. The molecule has 4 rings (SSSR count). The van der Waals surface area contributed by atoms with Crippen LogP contribution in [0.4, 0.5) is 0 Å². The molecule has 0 bridgehead atoms. The van der Waals surface area contributed by atoms with Crippen LogP contribution in [-0.2, 0) is 22.7 Å². The first kappa shape index (κ1) is 21.5. The molecule has 3 heterocycles. The fourth-order valence-electron chi connectivity index (χ4n) is 4.74. The van der Waals surface area contributed by atoms with Gasteiger partial charge in [-0.25, -0.2) is 0 Å². The highest BCUT2D eigenvalue weighted by molar-refractivity contribution is 5.89. The SMILES string of the molecule is CC(C)c1ccc(CN2CC[C@@H]3[C@H](C2)C(=O)N(Cc2cccnc2)CC(=O)N3C)cc1. The highest BCUT2D eigenvalue weighted by Crippen LogP contribution is 2.28. The third kappa shape index (κ3) is 4.79. The summed E-state index contributed by atoms with van der Waals surface area (Å²) in [7, 11) is 1.85. The first-order valence-corrected chi connectivity index (χ1v) is 11.2. The van der Waals surface area contributed by atoms with Crippen molar-refractivity contribution in [3.05, 3.63) is 65.5 Å². The predicted octanol–water partition coefficient (Wildman–Crippen LogP) is 2.90. The Morgan fingerprint density at radius 2 is 1.84 bits per heavy atom. The van der Waals surface area contributed by atoms with Gasteiger partial charge in [0.25, 0.3) is 0 Å². The van der Waals surface area contributed by atoms with Crippen LogP contribution in [0.5, 0.6) is 0 Å². The van der Waals surface area contributed by atoms with E-state index in [2.05, 4.69) is 48.0 Å². The number of aromatic nitrogens is 1. The largest absolute Gasteiger partial charge is 0.340 e. The van der Waals surface area contributed by atoms with E-state index in [1.165, 1.54) is 11.1 Å². The number of hydrogen-bond acceptors (Lipinski definition) is 4. The van der Waals surface area contributed by atoms with Gasteiger partial charge < -0.3 is 9.80 Å². The second kappa shape index (κ2) is 9.18. The van der Waals surface area contributed by atoms with E-state index >= 15 is 0 Å². The van der Waals surface area contributed by atoms with Gasteiger partial charge in [0.15, 0.2) is 0 Å². The molecule has 0 aliphatic carbocycles. The minimum atomic E-state index is -0.197. The topological polar surface area (TPSA) is 56.8 Å². The van der Waals surface area contributed by atoms with E-state index in [9.17, 15) is 9.59 Å². The molecule has 1 aromatic heterocycles. The number of carbonyl (C=O) groups is 2. The Kier molecular flexibility index (Phi) is 6.37. The van der Waals surface area contributed by atoms with E-state index in [0.717, 1.165) is 25.1 Å². The van der Waals surface area contributed by atoms with E-state index in [-0.39, 0.29) is 30.3 Å². The molecule has 2 aliphatic rings. The number of amides is 2. The normalized spacial score (nSPS) is 22.6. The second-order valence-electron chi connectivity index (χ2n) is 9.15. The Morgan fingerprint density at radius 3 is 2.52 bits per heavy atom. The highest BCUT2D eigenvalue weighted by Gasteiger charge is 2.43. The van der Waals surface area contributed by atoms with E-state index in [0.29, 0.717) is 19.0 Å². The van der Waals surface area contributed by atoms with E-state index in [1.807, 2.05) is 19.2 Å². The minimum absolute atomic E-state index is 0.0162. The lowest BCUT2D eigenvalue weighted by Gasteiger charge is -2.40. The zero-order valence-electron chi connectivity index (χ0n) is 18.7. The molecule has 0 N–H and O–H groups in total. The maximum atomic E-state index is 13.5. The number of pyridine rings is 1. The summed E-state index contributed by atoms with van der Waals surface area (Å²) in [6.07, 6.45) is 4.30. The molecule has 2 fully saturated rings. The molecule has 0 saturated carbocycles. The molecule has 2 saturated heterocycles. The number of likely N-dealkylation sites (tertiary alicyclic amines) is 1. The number of carbonyl (C=O) groups excluding carboxylic acids is 2. The molecule has 2 aliphatic heterocycles. The lowest BCUT2D eigenvalue weighted by molar-refractivity contribution is -0.138. The smallest absolute Gasteiger partial charge is 0.242 e. The van der Waals surface area contributed by atoms with Crippen LogP contribution in [0.15, 0.2) is 48.8 Å². The summed E-state index contributed by atoms with van der Waals surface area (Å²) in [6.45, 7) is 7.35. The molecule has 164 valence electrons. The van der Waals surface area contributed by atoms with Gasteiger partial charge in [0.1, 0.15) is 6.54 Å². The van der Waals surface area contributed by atoms with Crippen molar-refractivity contribution in [1.29, 1.82) is 0 Å². The van der Waals surface area contributed by atoms with Gasteiger partial charge in [-0.3, -0.25) is 19.5 Å². The molecule has 0 radical (unpaired) electrons. The van der Waals surface area contributed by atoms with Crippen molar-refractivity contribution in [3.63, 3.8) is 0 Å². The van der Waals surface area contributed by atoms with Crippen molar-refractivity contribution in [2.45, 2.75) is 45.3 Å². The number of piperidine rings is 1. The van der Waals surface area contributed by atoms with Crippen molar-refractivity contribution in [2.75, 3.05) is 26.7 Å². The lowest BCUT2D eigenvalue weighted by Crippen LogP contribution is -2.53. The van der Waals surface area contributed by atoms with Crippen molar-refractivity contribution < 1.29 is 9.59 Å². The maximum absolute atomic E-state index is 13.5. The van der Waals surface area contributed by atoms with Crippen LogP contribution in [0.1, 0.15) is 42.9 Å². The van der Waals surface area contributed by atoms with Gasteiger partial charge in [0, 0.05) is 51.7 Å². The monoisotopic (exact) mass is 420 g/mol. The van der Waals surface area contributed by atoms with Crippen LogP contribution >= 0.6 is 0 Å². The number of rotatable bonds is 5. The number of benzene rings is 1. The van der Waals surface area contributed by atoms with Crippen LogP contribution in [0.2, 0.25) is 0 Å². The maximum Gasteiger partial charge on any atom is 0.242 e. The average molecular weight is 421 g/mol. The van der Waals surface area contributed by atoms with Crippen LogP contribution in [0.3, 0.4) is 0 Å². The lowest BCUT2D eigenvalue weighted by atomic mass is 9.89. The predicted molar refractivity (Wildman–Crippen MR) is 120 cm³/mol. The standard InChI is InChI=1S/C25H32N4O2/c1-18(2)21-8-6-19(7-9-21)14-28-12-10-23-22(16-28)25(31)29(17-24(30)27(23)3)15-20-5-4-11-26-13-20/h4-9,11,13,18,22-23H,10,12,14-17H2,1-3H3/t22-,23+/m0/s1. The molecule has 2 amide bonds. The molecular formula is C25H32N4O2. The zero-order valence-corrected chi connectivity index (χ0v) is 18.7. The summed E-state index contributed by atoms with van der Waals surface area (Å²) in [4.78, 5) is 36.3. The fraction of sp³-hybridized carbons (Fsp3) is 0.480. The molecule has 0 unspecified atom stereocenters. The van der Waals surface area contributed by atoms with E-state index < -0.39 is 0 Å². The third-order valence-electron chi connectivity index (χ3n) is 6.66. The van der Waals surface area contributed by atoms with Gasteiger partial charge >= 0.3 is 0 Å². The van der Waals surface area contributed by atoms with Crippen molar-refractivity contribution in [3.8, 4) is 0 Å². The number of hydrogen-bond donors (Lipinski definition) is 0. The first-order chi connectivity index (χ1) is 14.9. The van der Waals surface area contributed by atoms with Crippen LogP contribution < -0.4 is 0 Å². The van der Waals surface area contributed by atoms with Gasteiger partial charge in [-0.1, -0.05) is 44.2 Å². The number of likely N-dealkylation sites (N-methyl/N-ethyl adjacent to an activating group) is 1. The van der Waals surface area contributed by atoms with Crippen molar-refractivity contribution in [2.24, 2.45) is 5.92 Å². The van der Waals surface area contributed by atoms with Gasteiger partial charge in [-0.05, 0) is 35.1 Å². The third-order valence-corrected chi connectivity index (χ3v) is 6.66. The average Bonchev–Trinajstić information content (AvgIpc) is 2.86. The molecule has 1 aromatic carbocycles. The molecule has 2 atom stereocenters. The summed E-state index contributed by atoms with van der Waals surface area (Å²) < 4.78 is 0. The number of nitrogens with zero attached hydrogens (tertiary/aromatic N) is 4. The van der Waals surface area contributed by atoms with E-state index in [4.69, 9.17) is 0 Å². The summed E-state index contributed by atoms with van der Waals surface area (Å²) >= 11 is 0. The molecule has 31 heavy (non-hydrogen) atoms. The molecule has 0 spiro atoms. The molecule has 6 nitrogen and oxygen atoms in total. The van der Waals surface area contributed by atoms with Gasteiger partial charge in [-0.2, -0.15) is 0 Å². The molecular weight excluding hydrogens is 388 g/mol.